The van der Waals surface area contributed by atoms with Crippen LogP contribution in [0.3, 0.4) is 0 Å². The van der Waals surface area contributed by atoms with Gasteiger partial charge >= 0.3 is 0 Å². The summed E-state index contributed by atoms with van der Waals surface area (Å²) in [6, 6.07) is 13.6. The Morgan fingerprint density at radius 3 is 2.65 bits per heavy atom. The Labute approximate surface area is 228 Å². The first-order chi connectivity index (χ1) is 19.8. The molecule has 1 saturated carbocycles. The molecule has 0 unspecified atom stereocenters. The van der Waals surface area contributed by atoms with Gasteiger partial charge in [-0.25, -0.2) is 9.97 Å². The highest BCUT2D eigenvalue weighted by molar-refractivity contribution is 5.95. The molecule has 2 N–H and O–H groups in total. The number of fused-ring (bicyclic) bond motifs is 3. The zero-order valence-corrected chi connectivity index (χ0v) is 21.6. The molecule has 0 saturated heterocycles. The van der Waals surface area contributed by atoms with Crippen molar-refractivity contribution >= 4 is 22.1 Å². The Morgan fingerprint density at radius 2 is 1.70 bits per heavy atom. The fourth-order valence-electron chi connectivity index (χ4n) is 5.53. The standard InChI is InChI=1S/C30H25N7O3/c1-2-4-19(5-3-1)40-20-12-18(14-31-15-20)21-7-8-23-28(33-21)29(37-36-23)30-34-22-10-11-32-26(27(22)35-30)17-6-9-24-25(13-17)39-16-38-24/h6-15,19H,1-5,16H2,(H,34,35)(H,36,37). The van der Waals surface area contributed by atoms with Crippen molar-refractivity contribution in [3.63, 3.8) is 0 Å². The van der Waals surface area contributed by atoms with Crippen molar-refractivity contribution in [2.75, 3.05) is 6.79 Å². The largest absolute Gasteiger partial charge is 0.489 e. The maximum Gasteiger partial charge on any atom is 0.231 e. The number of benzene rings is 1. The van der Waals surface area contributed by atoms with Crippen LogP contribution >= 0.6 is 0 Å². The SMILES string of the molecule is c1cc2[nH]c(-c3n[nH]c4ccc(-c5cncc(OC6CCCCC6)c5)nc34)nc2c(-c2ccc3c(c2)OCO3)n1. The van der Waals surface area contributed by atoms with Crippen molar-refractivity contribution in [2.45, 2.75) is 38.2 Å². The number of nitrogens with one attached hydrogen (secondary N) is 2. The van der Waals surface area contributed by atoms with Crippen LogP contribution in [0.1, 0.15) is 32.1 Å². The van der Waals surface area contributed by atoms with Gasteiger partial charge in [-0.2, -0.15) is 5.10 Å². The van der Waals surface area contributed by atoms with E-state index in [2.05, 4.69) is 25.1 Å². The minimum atomic E-state index is 0.220. The molecule has 6 heterocycles. The van der Waals surface area contributed by atoms with E-state index in [0.29, 0.717) is 22.8 Å². The highest BCUT2D eigenvalue weighted by Gasteiger charge is 2.20. The van der Waals surface area contributed by atoms with Crippen LogP contribution in [0.25, 0.3) is 56.1 Å². The molecule has 40 heavy (non-hydrogen) atoms. The van der Waals surface area contributed by atoms with Crippen LogP contribution in [0.5, 0.6) is 17.2 Å². The van der Waals surface area contributed by atoms with Crippen molar-refractivity contribution in [3.05, 3.63) is 61.1 Å². The highest BCUT2D eigenvalue weighted by Crippen LogP contribution is 2.37. The second-order valence-electron chi connectivity index (χ2n) is 10.2. The van der Waals surface area contributed by atoms with E-state index in [1.165, 1.54) is 19.3 Å². The zero-order valence-electron chi connectivity index (χ0n) is 21.6. The first-order valence-corrected chi connectivity index (χ1v) is 13.5. The maximum absolute atomic E-state index is 6.24. The number of pyridine rings is 3. The first-order valence-electron chi connectivity index (χ1n) is 13.5. The van der Waals surface area contributed by atoms with Crippen LogP contribution in [0.2, 0.25) is 0 Å². The number of hydrogen-bond acceptors (Lipinski definition) is 8. The lowest BCUT2D eigenvalue weighted by Gasteiger charge is -2.22. The molecule has 1 fully saturated rings. The third kappa shape index (κ3) is 4.00. The predicted molar refractivity (Wildman–Crippen MR) is 149 cm³/mol. The lowest BCUT2D eigenvalue weighted by atomic mass is 9.98. The minimum absolute atomic E-state index is 0.220. The van der Waals surface area contributed by atoms with Gasteiger partial charge in [-0.3, -0.25) is 15.1 Å². The Balaban J connectivity index is 1.16. The van der Waals surface area contributed by atoms with E-state index in [1.54, 1.807) is 12.4 Å². The van der Waals surface area contributed by atoms with Gasteiger partial charge in [0.05, 0.1) is 34.7 Å². The Morgan fingerprint density at radius 1 is 0.800 bits per heavy atom. The van der Waals surface area contributed by atoms with Gasteiger partial charge in [0.1, 0.15) is 16.8 Å². The molecule has 0 amide bonds. The van der Waals surface area contributed by atoms with Crippen molar-refractivity contribution in [1.29, 1.82) is 0 Å². The molecule has 6 aromatic rings. The van der Waals surface area contributed by atoms with Crippen molar-refractivity contribution in [3.8, 4) is 51.3 Å². The summed E-state index contributed by atoms with van der Waals surface area (Å²) in [4.78, 5) is 22.3. The van der Waals surface area contributed by atoms with Gasteiger partial charge in [-0.15, -0.1) is 0 Å². The van der Waals surface area contributed by atoms with Gasteiger partial charge < -0.3 is 19.2 Å². The summed E-state index contributed by atoms with van der Waals surface area (Å²) >= 11 is 0. The van der Waals surface area contributed by atoms with Gasteiger partial charge in [0.25, 0.3) is 0 Å². The van der Waals surface area contributed by atoms with Crippen LogP contribution in [0.15, 0.2) is 61.1 Å². The van der Waals surface area contributed by atoms with Crippen molar-refractivity contribution < 1.29 is 14.2 Å². The Hall–Kier alpha value is -4.99. The first kappa shape index (κ1) is 22.9. The zero-order chi connectivity index (χ0) is 26.5. The predicted octanol–water partition coefficient (Wildman–Crippen LogP) is 6.07. The molecule has 0 atom stereocenters. The number of rotatable bonds is 5. The number of imidazole rings is 1. The van der Waals surface area contributed by atoms with E-state index < -0.39 is 0 Å². The van der Waals surface area contributed by atoms with Crippen LogP contribution in [0.4, 0.5) is 0 Å². The molecule has 10 heteroatoms. The molecular formula is C30H25N7O3. The van der Waals surface area contributed by atoms with E-state index in [4.69, 9.17) is 24.2 Å². The number of aromatic amines is 2. The smallest absolute Gasteiger partial charge is 0.231 e. The molecule has 1 aliphatic carbocycles. The molecule has 5 aromatic heterocycles. The van der Waals surface area contributed by atoms with E-state index in [-0.39, 0.29) is 12.9 Å². The normalized spacial score (nSPS) is 15.2. The third-order valence-electron chi connectivity index (χ3n) is 7.54. The monoisotopic (exact) mass is 531 g/mol. The molecule has 0 spiro atoms. The van der Waals surface area contributed by atoms with E-state index >= 15 is 0 Å². The summed E-state index contributed by atoms with van der Waals surface area (Å²) in [6.45, 7) is 0.220. The fourth-order valence-corrected chi connectivity index (χ4v) is 5.53. The second-order valence-corrected chi connectivity index (χ2v) is 10.2. The summed E-state index contributed by atoms with van der Waals surface area (Å²) in [5.74, 6) is 2.81. The van der Waals surface area contributed by atoms with Gasteiger partial charge in [-0.05, 0) is 68.1 Å². The molecule has 2 aliphatic rings. The molecule has 8 rings (SSSR count). The number of ether oxygens (including phenoxy) is 3. The van der Waals surface area contributed by atoms with Crippen LogP contribution in [0, 0.1) is 0 Å². The van der Waals surface area contributed by atoms with Crippen molar-refractivity contribution in [2.24, 2.45) is 0 Å². The minimum Gasteiger partial charge on any atom is -0.489 e. The highest BCUT2D eigenvalue weighted by atomic mass is 16.7. The third-order valence-corrected chi connectivity index (χ3v) is 7.54. The van der Waals surface area contributed by atoms with E-state index in [1.807, 2.05) is 48.7 Å². The molecule has 0 bridgehead atoms. The second kappa shape index (κ2) is 9.33. The number of hydrogen-bond donors (Lipinski definition) is 2. The summed E-state index contributed by atoms with van der Waals surface area (Å²) in [7, 11) is 0. The Kier molecular flexibility index (Phi) is 5.35. The fraction of sp³-hybridized carbons (Fsp3) is 0.233. The molecule has 1 aromatic carbocycles. The quantitative estimate of drug-likeness (QED) is 0.275. The molecule has 1 aliphatic heterocycles. The number of H-pyrrole nitrogens is 2. The number of nitrogens with zero attached hydrogens (tertiary/aromatic N) is 5. The van der Waals surface area contributed by atoms with Gasteiger partial charge in [-0.1, -0.05) is 6.42 Å². The Bertz CT molecular complexity index is 1870. The lowest BCUT2D eigenvalue weighted by Crippen LogP contribution is -2.19. The van der Waals surface area contributed by atoms with E-state index in [9.17, 15) is 0 Å². The molecule has 10 nitrogen and oxygen atoms in total. The lowest BCUT2D eigenvalue weighted by molar-refractivity contribution is 0.154. The van der Waals surface area contributed by atoms with Gasteiger partial charge in [0.2, 0.25) is 6.79 Å². The summed E-state index contributed by atoms with van der Waals surface area (Å²) in [5.41, 5.74) is 7.06. The molecule has 0 radical (unpaired) electrons. The van der Waals surface area contributed by atoms with E-state index in [0.717, 1.165) is 63.4 Å². The van der Waals surface area contributed by atoms with Crippen molar-refractivity contribution in [1.82, 2.24) is 35.1 Å². The average molecular weight is 532 g/mol. The summed E-state index contributed by atoms with van der Waals surface area (Å²) in [5, 5.41) is 7.65. The summed E-state index contributed by atoms with van der Waals surface area (Å²) in [6.07, 6.45) is 11.5. The topological polar surface area (TPSA) is 124 Å². The maximum atomic E-state index is 6.24. The summed E-state index contributed by atoms with van der Waals surface area (Å²) < 4.78 is 17.3. The van der Waals surface area contributed by atoms with Crippen LogP contribution < -0.4 is 14.2 Å². The van der Waals surface area contributed by atoms with Gasteiger partial charge in [0, 0.05) is 23.5 Å². The molecular weight excluding hydrogens is 506 g/mol. The average Bonchev–Trinajstić information content (AvgIpc) is 3.75. The van der Waals surface area contributed by atoms with Gasteiger partial charge in [0.15, 0.2) is 23.0 Å². The van der Waals surface area contributed by atoms with Crippen LogP contribution in [-0.4, -0.2) is 48.0 Å². The number of aromatic nitrogens is 7. The van der Waals surface area contributed by atoms with Crippen LogP contribution in [-0.2, 0) is 0 Å². The molecule has 198 valence electrons.